The highest BCUT2D eigenvalue weighted by atomic mass is 79.9. The van der Waals surface area contributed by atoms with Crippen molar-refractivity contribution in [3.8, 4) is 17.3 Å². The molecule has 0 aliphatic carbocycles. The normalized spacial score (nSPS) is 9.81. The maximum Gasteiger partial charge on any atom is 0.101 e. The highest BCUT2D eigenvalue weighted by Crippen LogP contribution is 2.22. The van der Waals surface area contributed by atoms with Crippen LogP contribution in [0.3, 0.4) is 0 Å². The van der Waals surface area contributed by atoms with Gasteiger partial charge in [0.25, 0.3) is 0 Å². The van der Waals surface area contributed by atoms with Crippen molar-refractivity contribution in [2.24, 2.45) is 0 Å². The summed E-state index contributed by atoms with van der Waals surface area (Å²) in [6.07, 6.45) is 1.62. The first-order valence-electron chi connectivity index (χ1n) is 4.83. The monoisotopic (exact) mass is 272 g/mol. The summed E-state index contributed by atoms with van der Waals surface area (Å²) in [5.74, 6) is 0. The summed E-state index contributed by atoms with van der Waals surface area (Å²) in [6.45, 7) is 1.92. The Morgan fingerprint density at radius 1 is 1.31 bits per heavy atom. The number of aromatic nitrogens is 1. The summed E-state index contributed by atoms with van der Waals surface area (Å²) < 4.78 is 1.02. The molecular weight excluding hydrogens is 264 g/mol. The van der Waals surface area contributed by atoms with Crippen LogP contribution in [0.5, 0.6) is 0 Å². The fraction of sp³-hybridized carbons (Fsp3) is 0.0769. The molecule has 78 valence electrons. The third kappa shape index (κ3) is 2.12. The van der Waals surface area contributed by atoms with E-state index in [0.717, 1.165) is 21.3 Å². The number of nitriles is 1. The molecule has 0 unspecified atom stereocenters. The molecule has 0 radical (unpaired) electrons. The van der Waals surface area contributed by atoms with Gasteiger partial charge in [0, 0.05) is 16.2 Å². The Balaban J connectivity index is 2.50. The predicted octanol–water partition coefficient (Wildman–Crippen LogP) is 3.69. The van der Waals surface area contributed by atoms with Gasteiger partial charge >= 0.3 is 0 Å². The SMILES string of the molecule is Cc1cc(-c2cccc(Br)c2)ncc1C#N. The van der Waals surface area contributed by atoms with E-state index in [9.17, 15) is 0 Å². The second kappa shape index (κ2) is 4.46. The lowest BCUT2D eigenvalue weighted by Crippen LogP contribution is -1.89. The van der Waals surface area contributed by atoms with E-state index in [1.807, 2.05) is 37.3 Å². The molecule has 0 spiro atoms. The fourth-order valence-corrected chi connectivity index (χ4v) is 1.88. The molecule has 3 heteroatoms. The van der Waals surface area contributed by atoms with Gasteiger partial charge in [-0.25, -0.2) is 0 Å². The summed E-state index contributed by atoms with van der Waals surface area (Å²) in [5, 5.41) is 8.83. The smallest absolute Gasteiger partial charge is 0.101 e. The van der Waals surface area contributed by atoms with Crippen molar-refractivity contribution >= 4 is 15.9 Å². The van der Waals surface area contributed by atoms with Gasteiger partial charge in [0.1, 0.15) is 6.07 Å². The average Bonchev–Trinajstić information content (AvgIpc) is 2.29. The van der Waals surface area contributed by atoms with E-state index in [0.29, 0.717) is 5.56 Å². The van der Waals surface area contributed by atoms with Gasteiger partial charge in [-0.05, 0) is 30.7 Å². The zero-order chi connectivity index (χ0) is 11.5. The summed E-state index contributed by atoms with van der Waals surface area (Å²) in [5.41, 5.74) is 3.51. The number of halogens is 1. The third-order valence-corrected chi connectivity index (χ3v) is 2.84. The first kappa shape index (κ1) is 10.8. The topological polar surface area (TPSA) is 36.7 Å². The maximum absolute atomic E-state index is 8.83. The molecular formula is C13H9BrN2. The average molecular weight is 273 g/mol. The van der Waals surface area contributed by atoms with E-state index in [1.165, 1.54) is 0 Å². The Hall–Kier alpha value is -1.66. The van der Waals surface area contributed by atoms with Gasteiger partial charge in [-0.2, -0.15) is 5.26 Å². The molecule has 1 aromatic heterocycles. The summed E-state index contributed by atoms with van der Waals surface area (Å²) in [6, 6.07) is 12.0. The maximum atomic E-state index is 8.83. The lowest BCUT2D eigenvalue weighted by molar-refractivity contribution is 1.25. The first-order chi connectivity index (χ1) is 7.70. The lowest BCUT2D eigenvalue weighted by atomic mass is 10.1. The van der Waals surface area contributed by atoms with E-state index in [-0.39, 0.29) is 0 Å². The molecule has 2 aromatic rings. The van der Waals surface area contributed by atoms with E-state index < -0.39 is 0 Å². The van der Waals surface area contributed by atoms with E-state index in [4.69, 9.17) is 5.26 Å². The van der Waals surface area contributed by atoms with Crippen molar-refractivity contribution in [2.75, 3.05) is 0 Å². The van der Waals surface area contributed by atoms with Crippen LogP contribution in [-0.2, 0) is 0 Å². The van der Waals surface area contributed by atoms with Crippen molar-refractivity contribution in [1.82, 2.24) is 4.98 Å². The fourth-order valence-electron chi connectivity index (χ4n) is 1.48. The molecule has 0 saturated carbocycles. The van der Waals surface area contributed by atoms with Gasteiger partial charge in [0.05, 0.1) is 11.3 Å². The number of hydrogen-bond acceptors (Lipinski definition) is 2. The van der Waals surface area contributed by atoms with Crippen LogP contribution < -0.4 is 0 Å². The first-order valence-corrected chi connectivity index (χ1v) is 5.62. The zero-order valence-corrected chi connectivity index (χ0v) is 10.3. The number of nitrogens with zero attached hydrogens (tertiary/aromatic N) is 2. The van der Waals surface area contributed by atoms with Crippen LogP contribution in [0.2, 0.25) is 0 Å². The standard InChI is InChI=1S/C13H9BrN2/c1-9-5-13(16-8-11(9)7-15)10-3-2-4-12(14)6-10/h2-6,8H,1H3. The van der Waals surface area contributed by atoms with Crippen LogP contribution in [0.15, 0.2) is 41.0 Å². The van der Waals surface area contributed by atoms with E-state index >= 15 is 0 Å². The molecule has 0 bridgehead atoms. The lowest BCUT2D eigenvalue weighted by Gasteiger charge is -2.03. The second-order valence-corrected chi connectivity index (χ2v) is 4.42. The van der Waals surface area contributed by atoms with Crippen molar-refractivity contribution in [1.29, 1.82) is 5.26 Å². The van der Waals surface area contributed by atoms with Crippen molar-refractivity contribution in [3.63, 3.8) is 0 Å². The molecule has 1 heterocycles. The highest BCUT2D eigenvalue weighted by Gasteiger charge is 2.03. The van der Waals surface area contributed by atoms with Gasteiger partial charge in [-0.1, -0.05) is 28.1 Å². The van der Waals surface area contributed by atoms with Crippen molar-refractivity contribution in [2.45, 2.75) is 6.92 Å². The molecule has 2 nitrogen and oxygen atoms in total. The van der Waals surface area contributed by atoms with Crippen LogP contribution in [0, 0.1) is 18.3 Å². The Labute approximate surface area is 103 Å². The van der Waals surface area contributed by atoms with Gasteiger partial charge in [0.15, 0.2) is 0 Å². The van der Waals surface area contributed by atoms with Gasteiger partial charge < -0.3 is 0 Å². The van der Waals surface area contributed by atoms with Crippen LogP contribution in [-0.4, -0.2) is 4.98 Å². The van der Waals surface area contributed by atoms with Crippen molar-refractivity contribution in [3.05, 3.63) is 52.1 Å². The second-order valence-electron chi connectivity index (χ2n) is 3.51. The molecule has 0 saturated heterocycles. The third-order valence-electron chi connectivity index (χ3n) is 2.35. The minimum Gasteiger partial charge on any atom is -0.255 e. The Bertz CT molecular complexity index is 570. The predicted molar refractivity (Wildman–Crippen MR) is 66.8 cm³/mol. The van der Waals surface area contributed by atoms with Crippen LogP contribution in [0.1, 0.15) is 11.1 Å². The van der Waals surface area contributed by atoms with Crippen LogP contribution in [0.4, 0.5) is 0 Å². The van der Waals surface area contributed by atoms with E-state index in [2.05, 4.69) is 27.0 Å². The Morgan fingerprint density at radius 2 is 2.12 bits per heavy atom. The number of hydrogen-bond donors (Lipinski definition) is 0. The Kier molecular flexibility index (Phi) is 3.02. The molecule has 2 rings (SSSR count). The van der Waals surface area contributed by atoms with E-state index in [1.54, 1.807) is 6.20 Å². The minimum atomic E-state index is 0.624. The zero-order valence-electron chi connectivity index (χ0n) is 8.74. The van der Waals surface area contributed by atoms with Gasteiger partial charge in [0.2, 0.25) is 0 Å². The molecule has 0 atom stereocenters. The molecule has 0 amide bonds. The molecule has 16 heavy (non-hydrogen) atoms. The summed E-state index contributed by atoms with van der Waals surface area (Å²) >= 11 is 3.43. The van der Waals surface area contributed by atoms with Gasteiger partial charge in [-0.3, -0.25) is 4.98 Å². The Morgan fingerprint density at radius 3 is 2.75 bits per heavy atom. The van der Waals surface area contributed by atoms with Crippen LogP contribution >= 0.6 is 15.9 Å². The number of rotatable bonds is 1. The summed E-state index contributed by atoms with van der Waals surface area (Å²) in [4.78, 5) is 4.28. The molecule has 0 aliphatic rings. The minimum absolute atomic E-state index is 0.624. The molecule has 0 N–H and O–H groups in total. The van der Waals surface area contributed by atoms with Gasteiger partial charge in [-0.15, -0.1) is 0 Å². The number of pyridine rings is 1. The van der Waals surface area contributed by atoms with Crippen LogP contribution in [0.25, 0.3) is 11.3 Å². The molecule has 0 aliphatic heterocycles. The number of benzene rings is 1. The summed E-state index contributed by atoms with van der Waals surface area (Å²) in [7, 11) is 0. The highest BCUT2D eigenvalue weighted by molar-refractivity contribution is 9.10. The quantitative estimate of drug-likeness (QED) is 0.794. The van der Waals surface area contributed by atoms with Crippen molar-refractivity contribution < 1.29 is 0 Å². The number of aryl methyl sites for hydroxylation is 1. The molecule has 1 aromatic carbocycles. The molecule has 0 fully saturated rings. The largest absolute Gasteiger partial charge is 0.255 e.